The van der Waals surface area contributed by atoms with Gasteiger partial charge in [0.1, 0.15) is 35.5 Å². The zero-order chi connectivity index (χ0) is 31.4. The van der Waals surface area contributed by atoms with E-state index in [1.54, 1.807) is 0 Å². The van der Waals surface area contributed by atoms with Gasteiger partial charge < -0.3 is 24.1 Å². The summed E-state index contributed by atoms with van der Waals surface area (Å²) in [6, 6.07) is 40.3. The van der Waals surface area contributed by atoms with Crippen LogP contribution in [0.5, 0.6) is 0 Å². The maximum atomic E-state index is 11.8. The zero-order valence-corrected chi connectivity index (χ0v) is 28.0. The van der Waals surface area contributed by atoms with Crippen LogP contribution in [0.2, 0.25) is 18.1 Å². The second-order valence-electron chi connectivity index (χ2n) is 12.9. The quantitative estimate of drug-likeness (QED) is 0.139. The van der Waals surface area contributed by atoms with Crippen LogP contribution in [0.4, 0.5) is 0 Å². The van der Waals surface area contributed by atoms with E-state index in [0.29, 0.717) is 0 Å². The summed E-state index contributed by atoms with van der Waals surface area (Å²) in [5, 5.41) is 23.4. The van der Waals surface area contributed by atoms with Crippen molar-refractivity contribution in [3.8, 4) is 0 Å². The van der Waals surface area contributed by atoms with Gasteiger partial charge in [-0.25, -0.2) is 0 Å². The van der Waals surface area contributed by atoms with Gasteiger partial charge in [-0.05, 0) is 47.0 Å². The third-order valence-electron chi connectivity index (χ3n) is 8.88. The van der Waals surface area contributed by atoms with Gasteiger partial charge in [-0.3, -0.25) is 0 Å². The molecule has 1 aliphatic rings. The predicted molar refractivity (Wildman–Crippen MR) is 180 cm³/mol. The SMILES string of the molecule is CC(C)(C)[Si](C)(C)O[C@H]1[C@@H](O)[C@@H](COC(c2ccccc2)(c2ccccc2)c2ccccc2)O[C@@H](Sc2ccccc2)[C@@H]1O. The number of thioether (sulfide) groups is 1. The Bertz CT molecular complexity index is 1350. The Balaban J connectivity index is 1.53. The van der Waals surface area contributed by atoms with Crippen LogP contribution in [0.1, 0.15) is 37.5 Å². The van der Waals surface area contributed by atoms with Crippen LogP contribution in [0.15, 0.2) is 126 Å². The van der Waals surface area contributed by atoms with Gasteiger partial charge in [-0.1, -0.05) is 142 Å². The molecule has 1 aliphatic heterocycles. The van der Waals surface area contributed by atoms with Gasteiger partial charge in [0.2, 0.25) is 0 Å². The number of benzene rings is 4. The minimum atomic E-state index is -2.37. The second-order valence-corrected chi connectivity index (χ2v) is 18.8. The Morgan fingerprint density at radius 2 is 1.11 bits per heavy atom. The molecule has 0 radical (unpaired) electrons. The number of aliphatic hydroxyl groups excluding tert-OH is 2. The van der Waals surface area contributed by atoms with Crippen molar-refractivity contribution >= 4 is 20.1 Å². The molecule has 0 spiro atoms. The van der Waals surface area contributed by atoms with Crippen molar-refractivity contribution in [1.82, 2.24) is 0 Å². The molecule has 5 rings (SSSR count). The van der Waals surface area contributed by atoms with E-state index >= 15 is 0 Å². The molecule has 2 N–H and O–H groups in total. The lowest BCUT2D eigenvalue weighted by atomic mass is 9.80. The van der Waals surface area contributed by atoms with Crippen molar-refractivity contribution in [2.24, 2.45) is 0 Å². The van der Waals surface area contributed by atoms with Crippen LogP contribution in [-0.4, -0.2) is 55.0 Å². The molecule has 0 unspecified atom stereocenters. The van der Waals surface area contributed by atoms with Gasteiger partial charge in [0.25, 0.3) is 0 Å². The monoisotopic (exact) mass is 628 g/mol. The van der Waals surface area contributed by atoms with Crippen LogP contribution in [0, 0.1) is 0 Å². The van der Waals surface area contributed by atoms with Gasteiger partial charge in [0, 0.05) is 4.90 Å². The van der Waals surface area contributed by atoms with E-state index in [9.17, 15) is 10.2 Å². The highest BCUT2D eigenvalue weighted by Gasteiger charge is 2.51. The first kappa shape index (κ1) is 32.6. The van der Waals surface area contributed by atoms with Gasteiger partial charge in [-0.2, -0.15) is 0 Å². The van der Waals surface area contributed by atoms with E-state index in [0.717, 1.165) is 21.6 Å². The van der Waals surface area contributed by atoms with Crippen molar-refractivity contribution in [3.05, 3.63) is 138 Å². The van der Waals surface area contributed by atoms with Gasteiger partial charge in [0.15, 0.2) is 8.32 Å². The van der Waals surface area contributed by atoms with Crippen molar-refractivity contribution in [3.63, 3.8) is 0 Å². The lowest BCUT2D eigenvalue weighted by molar-refractivity contribution is -0.212. The molecule has 1 fully saturated rings. The van der Waals surface area contributed by atoms with E-state index in [4.69, 9.17) is 13.9 Å². The molecular weight excluding hydrogens is 585 g/mol. The van der Waals surface area contributed by atoms with Crippen LogP contribution < -0.4 is 0 Å². The third kappa shape index (κ3) is 6.90. The number of rotatable bonds is 10. The van der Waals surface area contributed by atoms with Crippen molar-refractivity contribution < 1.29 is 24.1 Å². The largest absolute Gasteiger partial charge is 0.408 e. The highest BCUT2D eigenvalue weighted by molar-refractivity contribution is 7.99. The summed E-state index contributed by atoms with van der Waals surface area (Å²) in [5.41, 5.74) is 1.26. The summed E-state index contributed by atoms with van der Waals surface area (Å²) < 4.78 is 20.3. The van der Waals surface area contributed by atoms with E-state index in [2.05, 4.69) is 70.3 Å². The minimum absolute atomic E-state index is 0.0653. The first-order chi connectivity index (χ1) is 21.0. The zero-order valence-electron chi connectivity index (χ0n) is 26.2. The van der Waals surface area contributed by atoms with E-state index in [1.807, 2.05) is 84.9 Å². The summed E-state index contributed by atoms with van der Waals surface area (Å²) in [5.74, 6) is 0. The lowest BCUT2D eigenvalue weighted by Crippen LogP contribution is -2.62. The summed E-state index contributed by atoms with van der Waals surface area (Å²) in [6.45, 7) is 10.8. The molecule has 0 aromatic heterocycles. The summed E-state index contributed by atoms with van der Waals surface area (Å²) in [4.78, 5) is 0.964. The highest BCUT2D eigenvalue weighted by Crippen LogP contribution is 2.44. The molecule has 4 aromatic carbocycles. The second kappa shape index (κ2) is 13.7. The Kier molecular flexibility index (Phi) is 10.2. The molecule has 5 nitrogen and oxygen atoms in total. The fraction of sp³-hybridized carbons (Fsp3) is 0.351. The van der Waals surface area contributed by atoms with Crippen molar-refractivity contribution in [2.45, 2.75) is 79.3 Å². The molecule has 0 aliphatic carbocycles. The first-order valence-corrected chi connectivity index (χ1v) is 19.0. The Labute approximate surface area is 267 Å². The normalized spacial score (nSPS) is 22.9. The van der Waals surface area contributed by atoms with Crippen LogP contribution in [-0.2, 0) is 19.5 Å². The van der Waals surface area contributed by atoms with Crippen LogP contribution >= 0.6 is 11.8 Å². The fourth-order valence-electron chi connectivity index (χ4n) is 5.40. The molecule has 1 heterocycles. The van der Waals surface area contributed by atoms with Crippen LogP contribution in [0.25, 0.3) is 0 Å². The predicted octanol–water partition coefficient (Wildman–Crippen LogP) is 7.62. The van der Waals surface area contributed by atoms with Gasteiger partial charge >= 0.3 is 0 Å². The van der Waals surface area contributed by atoms with E-state index < -0.39 is 43.8 Å². The Morgan fingerprint density at radius 3 is 1.55 bits per heavy atom. The highest BCUT2D eigenvalue weighted by atomic mass is 32.2. The number of hydrogen-bond acceptors (Lipinski definition) is 6. The lowest BCUT2D eigenvalue weighted by Gasteiger charge is -2.48. The summed E-state index contributed by atoms with van der Waals surface area (Å²) in [6.07, 6.45) is -3.74. The molecule has 7 heteroatoms. The van der Waals surface area contributed by atoms with E-state index in [1.165, 1.54) is 11.8 Å². The molecule has 44 heavy (non-hydrogen) atoms. The molecule has 1 saturated heterocycles. The molecule has 0 amide bonds. The fourth-order valence-corrected chi connectivity index (χ4v) is 7.79. The van der Waals surface area contributed by atoms with Gasteiger partial charge in [-0.15, -0.1) is 0 Å². The maximum Gasteiger partial charge on any atom is 0.192 e. The molecule has 0 saturated carbocycles. The number of hydrogen-bond donors (Lipinski definition) is 2. The van der Waals surface area contributed by atoms with Crippen LogP contribution in [0.3, 0.4) is 0 Å². The van der Waals surface area contributed by atoms with Crippen molar-refractivity contribution in [1.29, 1.82) is 0 Å². The molecule has 4 aromatic rings. The number of ether oxygens (including phenoxy) is 2. The first-order valence-electron chi connectivity index (χ1n) is 15.2. The standard InChI is InChI=1S/C37H44O5SSi/c1-36(2,3)44(4,5)42-34-32(38)31(41-35(33(34)39)43-30-24-16-9-17-25-30)26-40-37(27-18-10-6-11-19-27,28-20-12-7-13-21-28)29-22-14-8-15-23-29/h6-25,31-35,38-39H,26H2,1-5H3/t31-,32+,33-,34+,35+/m1/s1. The average Bonchev–Trinajstić information content (AvgIpc) is 3.03. The Hall–Kier alpha value is -2.75. The summed E-state index contributed by atoms with van der Waals surface area (Å²) in [7, 11) is -2.37. The van der Waals surface area contributed by atoms with Crippen molar-refractivity contribution in [2.75, 3.05) is 6.61 Å². The van der Waals surface area contributed by atoms with E-state index in [-0.39, 0.29) is 11.6 Å². The van der Waals surface area contributed by atoms with Gasteiger partial charge in [0.05, 0.1) is 6.61 Å². The third-order valence-corrected chi connectivity index (χ3v) is 14.5. The molecule has 232 valence electrons. The smallest absolute Gasteiger partial charge is 0.192 e. The Morgan fingerprint density at radius 1 is 0.682 bits per heavy atom. The number of aliphatic hydroxyl groups is 2. The average molecular weight is 629 g/mol. The summed E-state index contributed by atoms with van der Waals surface area (Å²) >= 11 is 1.43. The molecule has 5 atom stereocenters. The molecular formula is C37H44O5SSi. The maximum absolute atomic E-state index is 11.8. The topological polar surface area (TPSA) is 68.2 Å². The molecule has 0 bridgehead atoms. The minimum Gasteiger partial charge on any atom is -0.408 e.